The van der Waals surface area contributed by atoms with Crippen LogP contribution in [0.2, 0.25) is 10.0 Å². The first kappa shape index (κ1) is 24.5. The molecule has 1 aliphatic rings. The van der Waals surface area contributed by atoms with Crippen LogP contribution in [0.25, 0.3) is 0 Å². The third-order valence-corrected chi connectivity index (χ3v) is 5.53. The summed E-state index contributed by atoms with van der Waals surface area (Å²) in [6.45, 7) is 7.06. The Bertz CT molecular complexity index is 802. The molecule has 11 heteroatoms. The summed E-state index contributed by atoms with van der Waals surface area (Å²) in [7, 11) is 0. The molecule has 1 fully saturated rings. The van der Waals surface area contributed by atoms with Gasteiger partial charge in [-0.3, -0.25) is 19.4 Å². The van der Waals surface area contributed by atoms with E-state index >= 15 is 0 Å². The molecule has 0 saturated carbocycles. The molecule has 164 valence electrons. The molecule has 3 unspecified atom stereocenters. The number of rotatable bonds is 7. The van der Waals surface area contributed by atoms with E-state index in [1.54, 1.807) is 18.2 Å². The predicted molar refractivity (Wildman–Crippen MR) is 112 cm³/mol. The van der Waals surface area contributed by atoms with Gasteiger partial charge in [0.25, 0.3) is 0 Å². The van der Waals surface area contributed by atoms with Crippen molar-refractivity contribution in [3.8, 4) is 0 Å². The summed E-state index contributed by atoms with van der Waals surface area (Å²) in [5.41, 5.74) is -0.800. The highest BCUT2D eigenvalue weighted by Crippen LogP contribution is 2.38. The van der Waals surface area contributed by atoms with Gasteiger partial charge in [0.05, 0.1) is 0 Å². The Morgan fingerprint density at radius 3 is 2.10 bits per heavy atom. The Kier molecular flexibility index (Phi) is 8.96. The lowest BCUT2D eigenvalue weighted by molar-refractivity contribution is -0.200. The second-order valence-electron chi connectivity index (χ2n) is 6.39. The standard InChI is InChI=1S/C19H21Cl2NO7S/c1-9(23)26-8-15-17(27-10(2)24)16(22-4)18(28-11(3)25)19(29-15)30-14-6-12(20)5-13(21)7-14/h5-7,15-19H,4,8H2,1-3H3/t15?,16?,17-,18?,19+/m0/s1. The molecular formula is C19H21Cl2NO7S. The van der Waals surface area contributed by atoms with Gasteiger partial charge in [-0.15, -0.1) is 0 Å². The van der Waals surface area contributed by atoms with Gasteiger partial charge in [0, 0.05) is 35.7 Å². The first-order chi connectivity index (χ1) is 14.1. The minimum Gasteiger partial charge on any atom is -0.463 e. The van der Waals surface area contributed by atoms with Gasteiger partial charge in [-0.2, -0.15) is 0 Å². The second-order valence-corrected chi connectivity index (χ2v) is 8.43. The van der Waals surface area contributed by atoms with E-state index in [9.17, 15) is 14.4 Å². The highest BCUT2D eigenvalue weighted by Gasteiger charge is 2.50. The summed E-state index contributed by atoms with van der Waals surface area (Å²) >= 11 is 13.3. The van der Waals surface area contributed by atoms with E-state index in [-0.39, 0.29) is 6.61 Å². The van der Waals surface area contributed by atoms with Crippen LogP contribution in [0.15, 0.2) is 28.1 Å². The van der Waals surface area contributed by atoms with Crippen molar-refractivity contribution >= 4 is 59.6 Å². The maximum atomic E-state index is 11.7. The number of hydrogen-bond donors (Lipinski definition) is 0. The van der Waals surface area contributed by atoms with E-state index in [1.807, 2.05) is 0 Å². The van der Waals surface area contributed by atoms with E-state index in [2.05, 4.69) is 11.7 Å². The molecule has 1 heterocycles. The van der Waals surface area contributed by atoms with Gasteiger partial charge < -0.3 is 18.9 Å². The lowest BCUT2D eigenvalue weighted by atomic mass is 9.97. The molecule has 0 N–H and O–H groups in total. The Morgan fingerprint density at radius 2 is 1.60 bits per heavy atom. The molecular weight excluding hydrogens is 457 g/mol. The van der Waals surface area contributed by atoms with E-state index in [0.29, 0.717) is 14.9 Å². The van der Waals surface area contributed by atoms with Gasteiger partial charge in [0.15, 0.2) is 12.2 Å². The molecule has 1 aliphatic heterocycles. The largest absolute Gasteiger partial charge is 0.463 e. The van der Waals surface area contributed by atoms with Crippen LogP contribution < -0.4 is 0 Å². The van der Waals surface area contributed by atoms with Crippen molar-refractivity contribution in [3.05, 3.63) is 28.2 Å². The van der Waals surface area contributed by atoms with Crippen molar-refractivity contribution in [1.82, 2.24) is 0 Å². The highest BCUT2D eigenvalue weighted by atomic mass is 35.5. The second kappa shape index (κ2) is 11.0. The number of hydrogen-bond acceptors (Lipinski definition) is 9. The van der Waals surface area contributed by atoms with Crippen LogP contribution in [0.3, 0.4) is 0 Å². The number of nitrogens with zero attached hydrogens (tertiary/aromatic N) is 1. The molecule has 1 aromatic carbocycles. The van der Waals surface area contributed by atoms with Gasteiger partial charge >= 0.3 is 17.9 Å². The average molecular weight is 478 g/mol. The third kappa shape index (κ3) is 6.87. The van der Waals surface area contributed by atoms with Gasteiger partial charge in [-0.25, -0.2) is 0 Å². The normalized spacial score (nSPS) is 25.8. The van der Waals surface area contributed by atoms with Crippen LogP contribution in [0, 0.1) is 0 Å². The lowest BCUT2D eigenvalue weighted by Gasteiger charge is -2.43. The third-order valence-electron chi connectivity index (χ3n) is 3.97. The average Bonchev–Trinajstić information content (AvgIpc) is 2.61. The number of esters is 3. The lowest BCUT2D eigenvalue weighted by Crippen LogP contribution is -2.59. The molecule has 5 atom stereocenters. The highest BCUT2D eigenvalue weighted by molar-refractivity contribution is 7.99. The molecule has 0 spiro atoms. The predicted octanol–water partition coefficient (Wildman–Crippen LogP) is 3.31. The smallest absolute Gasteiger partial charge is 0.303 e. The van der Waals surface area contributed by atoms with Crippen LogP contribution in [0.1, 0.15) is 20.8 Å². The molecule has 0 bridgehead atoms. The molecule has 8 nitrogen and oxygen atoms in total. The van der Waals surface area contributed by atoms with E-state index in [1.165, 1.54) is 32.5 Å². The summed E-state index contributed by atoms with van der Waals surface area (Å²) in [5.74, 6) is -1.71. The number of ether oxygens (including phenoxy) is 4. The molecule has 1 saturated heterocycles. The number of carbonyl (C=O) groups is 3. The minimum atomic E-state index is -0.983. The SMILES string of the molecule is C=NC1C(OC(C)=O)[C@@H](Sc2cc(Cl)cc(Cl)c2)OC(COC(C)=O)[C@@H]1OC(C)=O. The van der Waals surface area contributed by atoms with Gasteiger partial charge in [0.1, 0.15) is 24.2 Å². The van der Waals surface area contributed by atoms with Crippen molar-refractivity contribution in [1.29, 1.82) is 0 Å². The van der Waals surface area contributed by atoms with Crippen molar-refractivity contribution < 1.29 is 33.3 Å². The van der Waals surface area contributed by atoms with Crippen molar-refractivity contribution in [2.45, 2.75) is 55.5 Å². The van der Waals surface area contributed by atoms with E-state index in [4.69, 9.17) is 42.1 Å². The van der Waals surface area contributed by atoms with Gasteiger partial charge in [0.2, 0.25) is 0 Å². The zero-order valence-electron chi connectivity index (χ0n) is 16.5. The Labute approximate surface area is 188 Å². The number of benzene rings is 1. The Hall–Kier alpha value is -1.81. The van der Waals surface area contributed by atoms with E-state index < -0.39 is 47.7 Å². The number of halogens is 2. The molecule has 2 rings (SSSR count). The van der Waals surface area contributed by atoms with Gasteiger partial charge in [-0.05, 0) is 24.9 Å². The summed E-state index contributed by atoms with van der Waals surface area (Å²) in [4.78, 5) is 39.4. The van der Waals surface area contributed by atoms with Gasteiger partial charge in [-0.1, -0.05) is 35.0 Å². The first-order valence-corrected chi connectivity index (χ1v) is 10.5. The summed E-state index contributed by atoms with van der Waals surface area (Å²) in [6.07, 6.45) is -2.79. The fourth-order valence-electron chi connectivity index (χ4n) is 2.92. The summed E-state index contributed by atoms with van der Waals surface area (Å²) < 4.78 is 21.9. The molecule has 0 amide bonds. The monoisotopic (exact) mass is 477 g/mol. The van der Waals surface area contributed by atoms with Crippen molar-refractivity contribution in [3.63, 3.8) is 0 Å². The summed E-state index contributed by atoms with van der Waals surface area (Å²) in [5, 5.41) is 0.829. The quantitative estimate of drug-likeness (QED) is 0.334. The molecule has 0 aromatic heterocycles. The zero-order chi connectivity index (χ0) is 22.4. The van der Waals surface area contributed by atoms with Crippen LogP contribution in [0.4, 0.5) is 0 Å². The van der Waals surface area contributed by atoms with Crippen LogP contribution in [0.5, 0.6) is 0 Å². The van der Waals surface area contributed by atoms with E-state index in [0.717, 1.165) is 0 Å². The maximum absolute atomic E-state index is 11.7. The topological polar surface area (TPSA) is 100 Å². The zero-order valence-corrected chi connectivity index (χ0v) is 18.8. The molecule has 0 aliphatic carbocycles. The maximum Gasteiger partial charge on any atom is 0.303 e. The Balaban J connectivity index is 2.40. The number of thioether (sulfide) groups is 1. The minimum absolute atomic E-state index is 0.195. The Morgan fingerprint density at radius 1 is 1.03 bits per heavy atom. The number of aliphatic imine (C=N–C) groups is 1. The molecule has 1 aromatic rings. The van der Waals surface area contributed by atoms with Crippen LogP contribution in [-0.4, -0.2) is 61.0 Å². The number of carbonyl (C=O) groups excluding carboxylic acids is 3. The van der Waals surface area contributed by atoms with Crippen LogP contribution in [-0.2, 0) is 33.3 Å². The first-order valence-electron chi connectivity index (χ1n) is 8.82. The molecule has 0 radical (unpaired) electrons. The van der Waals surface area contributed by atoms with Crippen molar-refractivity contribution in [2.24, 2.45) is 4.99 Å². The molecule has 30 heavy (non-hydrogen) atoms. The summed E-state index contributed by atoms with van der Waals surface area (Å²) in [6, 6.07) is 4.05. The van der Waals surface area contributed by atoms with Crippen molar-refractivity contribution in [2.75, 3.05) is 6.61 Å². The fraction of sp³-hybridized carbons (Fsp3) is 0.474. The van der Waals surface area contributed by atoms with Crippen LogP contribution >= 0.6 is 35.0 Å². The fourth-order valence-corrected chi connectivity index (χ4v) is 4.78.